The number of benzene rings is 1. The molecular formula is C17H20Cl2N4O. The lowest BCUT2D eigenvalue weighted by atomic mass is 9.96. The lowest BCUT2D eigenvalue weighted by Crippen LogP contribution is -2.28. The molecule has 1 aromatic heterocycles. The molecule has 0 saturated heterocycles. The minimum atomic E-state index is -0.476. The Morgan fingerprint density at radius 1 is 1.08 bits per heavy atom. The normalized spacial score (nSPS) is 11.2. The van der Waals surface area contributed by atoms with Gasteiger partial charge in [0.15, 0.2) is 5.82 Å². The number of rotatable bonds is 5. The zero-order chi connectivity index (χ0) is 17.7. The molecule has 0 aliphatic heterocycles. The van der Waals surface area contributed by atoms with E-state index in [0.717, 1.165) is 12.0 Å². The third kappa shape index (κ3) is 5.35. The van der Waals surface area contributed by atoms with Gasteiger partial charge in [-0.1, -0.05) is 50.0 Å². The van der Waals surface area contributed by atoms with Crippen molar-refractivity contribution in [3.8, 4) is 0 Å². The van der Waals surface area contributed by atoms with Crippen LogP contribution in [0.3, 0.4) is 0 Å². The molecule has 0 aliphatic carbocycles. The highest BCUT2D eigenvalue weighted by Gasteiger charge is 2.21. The SMILES string of the molecule is CC(C)(C)C(=O)Nc1ccc(NCCc2ccc(Cl)cc2Cl)nn1. The quantitative estimate of drug-likeness (QED) is 0.821. The minimum Gasteiger partial charge on any atom is -0.368 e. The molecule has 0 unspecified atom stereocenters. The molecule has 0 saturated carbocycles. The number of carbonyl (C=O) groups excluding carboxylic acids is 1. The second kappa shape index (κ2) is 7.81. The maximum atomic E-state index is 11.9. The Morgan fingerprint density at radius 2 is 1.75 bits per heavy atom. The third-order valence-electron chi connectivity index (χ3n) is 3.30. The van der Waals surface area contributed by atoms with Gasteiger partial charge in [0.05, 0.1) is 0 Å². The van der Waals surface area contributed by atoms with Crippen molar-refractivity contribution in [2.75, 3.05) is 17.2 Å². The molecule has 128 valence electrons. The second-order valence-corrected chi connectivity index (χ2v) is 7.26. The first-order valence-electron chi connectivity index (χ1n) is 7.59. The monoisotopic (exact) mass is 366 g/mol. The van der Waals surface area contributed by atoms with E-state index in [0.29, 0.717) is 28.2 Å². The van der Waals surface area contributed by atoms with E-state index >= 15 is 0 Å². The van der Waals surface area contributed by atoms with Gasteiger partial charge in [0, 0.05) is 22.0 Å². The Hall–Kier alpha value is -1.85. The predicted octanol–water partition coefficient (Wildman–Crippen LogP) is 4.42. The number of carbonyl (C=O) groups is 1. The molecular weight excluding hydrogens is 347 g/mol. The molecule has 0 bridgehead atoms. The van der Waals surface area contributed by atoms with Crippen molar-refractivity contribution in [1.82, 2.24) is 10.2 Å². The van der Waals surface area contributed by atoms with Crippen LogP contribution in [0.1, 0.15) is 26.3 Å². The Bertz CT molecular complexity index is 712. The van der Waals surface area contributed by atoms with Crippen LogP contribution in [0.5, 0.6) is 0 Å². The fraction of sp³-hybridized carbons (Fsp3) is 0.353. The Morgan fingerprint density at radius 3 is 2.33 bits per heavy atom. The van der Waals surface area contributed by atoms with Crippen LogP contribution in [0, 0.1) is 5.41 Å². The zero-order valence-corrected chi connectivity index (χ0v) is 15.4. The van der Waals surface area contributed by atoms with Crippen LogP contribution in [-0.4, -0.2) is 22.6 Å². The van der Waals surface area contributed by atoms with Crippen LogP contribution >= 0.6 is 23.2 Å². The van der Waals surface area contributed by atoms with Gasteiger partial charge in [-0.3, -0.25) is 4.79 Å². The molecule has 7 heteroatoms. The average molecular weight is 367 g/mol. The number of hydrogen-bond acceptors (Lipinski definition) is 4. The van der Waals surface area contributed by atoms with Gasteiger partial charge in [-0.05, 0) is 36.2 Å². The maximum absolute atomic E-state index is 11.9. The number of aromatic nitrogens is 2. The Kier molecular flexibility index (Phi) is 6.02. The largest absolute Gasteiger partial charge is 0.368 e. The minimum absolute atomic E-state index is 0.102. The van der Waals surface area contributed by atoms with E-state index in [4.69, 9.17) is 23.2 Å². The van der Waals surface area contributed by atoms with Gasteiger partial charge in [-0.2, -0.15) is 0 Å². The average Bonchev–Trinajstić information content (AvgIpc) is 2.50. The van der Waals surface area contributed by atoms with Crippen molar-refractivity contribution in [1.29, 1.82) is 0 Å². The van der Waals surface area contributed by atoms with Crippen LogP contribution < -0.4 is 10.6 Å². The summed E-state index contributed by atoms with van der Waals surface area (Å²) in [6.07, 6.45) is 0.736. The standard InChI is InChI=1S/C17H20Cl2N4O/c1-17(2,3)16(24)21-15-7-6-14(22-23-15)20-9-8-11-4-5-12(18)10-13(11)19/h4-7,10H,8-9H2,1-3H3,(H,20,22)(H,21,23,24). The molecule has 0 atom stereocenters. The lowest BCUT2D eigenvalue weighted by Gasteiger charge is -2.16. The van der Waals surface area contributed by atoms with Crippen molar-refractivity contribution in [2.45, 2.75) is 27.2 Å². The molecule has 2 N–H and O–H groups in total. The summed E-state index contributed by atoms with van der Waals surface area (Å²) in [7, 11) is 0. The van der Waals surface area contributed by atoms with Gasteiger partial charge in [-0.25, -0.2) is 0 Å². The van der Waals surface area contributed by atoms with E-state index in [2.05, 4.69) is 20.8 Å². The van der Waals surface area contributed by atoms with Gasteiger partial charge in [0.1, 0.15) is 5.82 Å². The highest BCUT2D eigenvalue weighted by Crippen LogP contribution is 2.21. The zero-order valence-electron chi connectivity index (χ0n) is 13.9. The molecule has 1 amide bonds. The topological polar surface area (TPSA) is 66.9 Å². The Balaban J connectivity index is 1.87. The van der Waals surface area contributed by atoms with Crippen LogP contribution in [0.4, 0.5) is 11.6 Å². The maximum Gasteiger partial charge on any atom is 0.230 e. The van der Waals surface area contributed by atoms with Gasteiger partial charge in [-0.15, -0.1) is 10.2 Å². The van der Waals surface area contributed by atoms with Crippen molar-refractivity contribution in [3.05, 3.63) is 45.9 Å². The fourth-order valence-corrected chi connectivity index (χ4v) is 2.35. The summed E-state index contributed by atoms with van der Waals surface area (Å²) >= 11 is 12.0. The van der Waals surface area contributed by atoms with E-state index in [1.54, 1.807) is 18.2 Å². The second-order valence-electron chi connectivity index (χ2n) is 6.42. The molecule has 24 heavy (non-hydrogen) atoms. The molecule has 2 rings (SSSR count). The van der Waals surface area contributed by atoms with Crippen LogP contribution in [0.15, 0.2) is 30.3 Å². The number of nitrogens with one attached hydrogen (secondary N) is 2. The van der Waals surface area contributed by atoms with Crippen molar-refractivity contribution in [3.63, 3.8) is 0 Å². The van der Waals surface area contributed by atoms with Crippen LogP contribution in [0.25, 0.3) is 0 Å². The van der Waals surface area contributed by atoms with Gasteiger partial charge in [0.25, 0.3) is 0 Å². The number of nitrogens with zero attached hydrogens (tertiary/aromatic N) is 2. The highest BCUT2D eigenvalue weighted by atomic mass is 35.5. The summed E-state index contributed by atoms with van der Waals surface area (Å²) in [6.45, 7) is 6.18. The van der Waals surface area contributed by atoms with E-state index in [1.165, 1.54) is 0 Å². The molecule has 0 radical (unpaired) electrons. The van der Waals surface area contributed by atoms with E-state index < -0.39 is 5.41 Å². The van der Waals surface area contributed by atoms with Gasteiger partial charge in [0.2, 0.25) is 5.91 Å². The van der Waals surface area contributed by atoms with E-state index in [1.807, 2.05) is 32.9 Å². The molecule has 2 aromatic rings. The number of halogens is 2. The van der Waals surface area contributed by atoms with Gasteiger partial charge < -0.3 is 10.6 Å². The van der Waals surface area contributed by atoms with Crippen molar-refractivity contribution in [2.24, 2.45) is 5.41 Å². The summed E-state index contributed by atoms with van der Waals surface area (Å²) < 4.78 is 0. The third-order valence-corrected chi connectivity index (χ3v) is 3.89. The molecule has 0 fully saturated rings. The van der Waals surface area contributed by atoms with E-state index in [-0.39, 0.29) is 5.91 Å². The van der Waals surface area contributed by atoms with E-state index in [9.17, 15) is 4.79 Å². The number of hydrogen-bond donors (Lipinski definition) is 2. The fourth-order valence-electron chi connectivity index (χ4n) is 1.85. The van der Waals surface area contributed by atoms with Crippen molar-refractivity contribution >= 4 is 40.7 Å². The first-order chi connectivity index (χ1) is 11.3. The van der Waals surface area contributed by atoms with Crippen LogP contribution in [-0.2, 0) is 11.2 Å². The van der Waals surface area contributed by atoms with Gasteiger partial charge >= 0.3 is 0 Å². The molecule has 5 nitrogen and oxygen atoms in total. The summed E-state index contributed by atoms with van der Waals surface area (Å²) in [5, 5.41) is 15.2. The summed E-state index contributed by atoms with van der Waals surface area (Å²) in [4.78, 5) is 11.9. The number of anilines is 2. The first-order valence-corrected chi connectivity index (χ1v) is 8.34. The first kappa shape index (κ1) is 18.5. The summed E-state index contributed by atoms with van der Waals surface area (Å²) in [6, 6.07) is 8.94. The smallest absolute Gasteiger partial charge is 0.230 e. The van der Waals surface area contributed by atoms with Crippen molar-refractivity contribution < 1.29 is 4.79 Å². The number of amides is 1. The Labute approximate surface area is 151 Å². The summed E-state index contributed by atoms with van der Waals surface area (Å²) in [5.41, 5.74) is 0.534. The molecule has 1 aromatic carbocycles. The predicted molar refractivity (Wildman–Crippen MR) is 98.8 cm³/mol. The molecule has 0 aliphatic rings. The van der Waals surface area contributed by atoms with Crippen LogP contribution in [0.2, 0.25) is 10.0 Å². The molecule has 0 spiro atoms. The summed E-state index contributed by atoms with van der Waals surface area (Å²) in [5.74, 6) is 0.963. The molecule has 1 heterocycles. The lowest BCUT2D eigenvalue weighted by molar-refractivity contribution is -0.123. The highest BCUT2D eigenvalue weighted by molar-refractivity contribution is 6.35.